The minimum absolute atomic E-state index is 0.0551. The van der Waals surface area contributed by atoms with Gasteiger partial charge in [-0.15, -0.1) is 0 Å². The van der Waals surface area contributed by atoms with Gasteiger partial charge in [-0.1, -0.05) is 32.0 Å². The summed E-state index contributed by atoms with van der Waals surface area (Å²) >= 11 is 0. The molecule has 0 fully saturated rings. The second-order valence-corrected chi connectivity index (χ2v) is 5.06. The van der Waals surface area contributed by atoms with E-state index in [0.717, 1.165) is 5.56 Å². The highest BCUT2D eigenvalue weighted by molar-refractivity contribution is 5.94. The van der Waals surface area contributed by atoms with Crippen molar-refractivity contribution >= 4 is 18.0 Å². The summed E-state index contributed by atoms with van der Waals surface area (Å²) in [5.41, 5.74) is 0.804. The zero-order chi connectivity index (χ0) is 16.5. The lowest BCUT2D eigenvalue weighted by Crippen LogP contribution is -2.44. The molecule has 0 saturated heterocycles. The second-order valence-electron chi connectivity index (χ2n) is 5.06. The van der Waals surface area contributed by atoms with E-state index in [9.17, 15) is 9.59 Å². The average Bonchev–Trinajstić information content (AvgIpc) is 2.51. The van der Waals surface area contributed by atoms with Gasteiger partial charge in [-0.05, 0) is 25.0 Å². The fourth-order valence-electron chi connectivity index (χ4n) is 1.90. The Bertz CT molecular complexity index is 537. The van der Waals surface area contributed by atoms with Crippen LogP contribution in [-0.2, 0) is 14.3 Å². The molecule has 1 aromatic carbocycles. The molecule has 0 aliphatic rings. The van der Waals surface area contributed by atoms with Crippen LogP contribution >= 0.6 is 0 Å². The number of ether oxygens (including phenoxy) is 2. The fraction of sp³-hybridized carbons (Fsp3) is 0.412. The summed E-state index contributed by atoms with van der Waals surface area (Å²) in [5, 5.41) is 2.65. The van der Waals surface area contributed by atoms with Crippen molar-refractivity contribution in [3.05, 3.63) is 35.9 Å². The first kappa shape index (κ1) is 17.8. The summed E-state index contributed by atoms with van der Waals surface area (Å²) in [4.78, 5) is 23.6. The van der Waals surface area contributed by atoms with Crippen LogP contribution in [0.4, 0.5) is 0 Å². The molecule has 0 spiro atoms. The van der Waals surface area contributed by atoms with Crippen LogP contribution in [0.25, 0.3) is 6.08 Å². The number of hydrogen-bond acceptors (Lipinski definition) is 4. The van der Waals surface area contributed by atoms with Crippen molar-refractivity contribution in [2.75, 3.05) is 13.7 Å². The molecule has 0 aliphatic heterocycles. The largest absolute Gasteiger partial charge is 0.493 e. The highest BCUT2D eigenvalue weighted by Gasteiger charge is 2.23. The minimum Gasteiger partial charge on any atom is -0.493 e. The van der Waals surface area contributed by atoms with Gasteiger partial charge in [-0.25, -0.2) is 4.79 Å². The van der Waals surface area contributed by atoms with Crippen LogP contribution in [0.1, 0.15) is 26.3 Å². The molecule has 120 valence electrons. The van der Waals surface area contributed by atoms with Crippen LogP contribution in [0.2, 0.25) is 0 Å². The quantitative estimate of drug-likeness (QED) is 0.620. The van der Waals surface area contributed by atoms with Gasteiger partial charge in [-0.3, -0.25) is 4.79 Å². The number of nitrogens with one attached hydrogen (secondary N) is 1. The molecule has 0 heterocycles. The molecule has 1 atom stereocenters. The first-order valence-electron chi connectivity index (χ1n) is 7.27. The summed E-state index contributed by atoms with van der Waals surface area (Å²) < 4.78 is 10.2. The summed E-state index contributed by atoms with van der Waals surface area (Å²) in [6.07, 6.45) is 3.05. The predicted molar refractivity (Wildman–Crippen MR) is 85.4 cm³/mol. The van der Waals surface area contributed by atoms with Crippen molar-refractivity contribution in [1.29, 1.82) is 0 Å². The van der Waals surface area contributed by atoms with Crippen molar-refractivity contribution in [3.8, 4) is 5.75 Å². The Kier molecular flexibility index (Phi) is 7.16. The van der Waals surface area contributed by atoms with Crippen LogP contribution in [0.15, 0.2) is 30.3 Å². The van der Waals surface area contributed by atoms with E-state index in [1.165, 1.54) is 13.2 Å². The zero-order valence-electron chi connectivity index (χ0n) is 13.5. The van der Waals surface area contributed by atoms with Crippen molar-refractivity contribution < 1.29 is 19.1 Å². The number of esters is 1. The van der Waals surface area contributed by atoms with Gasteiger partial charge in [0.25, 0.3) is 0 Å². The van der Waals surface area contributed by atoms with E-state index in [1.807, 2.05) is 45.0 Å². The number of carbonyl (C=O) groups excluding carboxylic acids is 2. The van der Waals surface area contributed by atoms with Gasteiger partial charge in [0.2, 0.25) is 5.91 Å². The maximum absolute atomic E-state index is 12.0. The van der Waals surface area contributed by atoms with Crippen molar-refractivity contribution in [1.82, 2.24) is 5.32 Å². The maximum Gasteiger partial charge on any atom is 0.328 e. The number of rotatable bonds is 7. The maximum atomic E-state index is 12.0. The number of benzene rings is 1. The third-order valence-corrected chi connectivity index (χ3v) is 3.05. The Morgan fingerprint density at radius 2 is 1.95 bits per heavy atom. The Hall–Kier alpha value is -2.30. The molecule has 22 heavy (non-hydrogen) atoms. The van der Waals surface area contributed by atoms with Crippen LogP contribution in [0.3, 0.4) is 0 Å². The Balaban J connectivity index is 2.77. The molecule has 1 aromatic rings. The summed E-state index contributed by atoms with van der Waals surface area (Å²) in [6, 6.07) is 6.77. The van der Waals surface area contributed by atoms with Crippen molar-refractivity contribution in [2.45, 2.75) is 26.8 Å². The monoisotopic (exact) mass is 305 g/mol. The normalized spacial score (nSPS) is 12.2. The molecule has 0 saturated carbocycles. The first-order chi connectivity index (χ1) is 10.5. The molecule has 1 N–H and O–H groups in total. The smallest absolute Gasteiger partial charge is 0.328 e. The van der Waals surface area contributed by atoms with Gasteiger partial charge in [0.1, 0.15) is 11.8 Å². The summed E-state index contributed by atoms with van der Waals surface area (Å²) in [6.45, 7) is 6.14. The van der Waals surface area contributed by atoms with Crippen molar-refractivity contribution in [2.24, 2.45) is 5.92 Å². The van der Waals surface area contributed by atoms with Crippen LogP contribution in [0.5, 0.6) is 5.75 Å². The number of carbonyl (C=O) groups is 2. The topological polar surface area (TPSA) is 64.6 Å². The molecule has 5 nitrogen and oxygen atoms in total. The van der Waals surface area contributed by atoms with Gasteiger partial charge in [-0.2, -0.15) is 0 Å². The van der Waals surface area contributed by atoms with E-state index < -0.39 is 12.0 Å². The van der Waals surface area contributed by atoms with Gasteiger partial charge >= 0.3 is 5.97 Å². The first-order valence-corrected chi connectivity index (χ1v) is 7.27. The van der Waals surface area contributed by atoms with E-state index in [4.69, 9.17) is 9.47 Å². The number of amides is 1. The molecule has 5 heteroatoms. The molecule has 0 aliphatic carbocycles. The molecule has 0 unspecified atom stereocenters. The van der Waals surface area contributed by atoms with Gasteiger partial charge in [0, 0.05) is 11.6 Å². The Morgan fingerprint density at radius 3 is 2.55 bits per heavy atom. The molecule has 0 radical (unpaired) electrons. The molecular weight excluding hydrogens is 282 g/mol. The third-order valence-electron chi connectivity index (χ3n) is 3.05. The highest BCUT2D eigenvalue weighted by Crippen LogP contribution is 2.19. The number of methoxy groups -OCH3 is 1. The molecule has 0 aromatic heterocycles. The average molecular weight is 305 g/mol. The van der Waals surface area contributed by atoms with Gasteiger partial charge in [0.05, 0.1) is 13.7 Å². The molecule has 1 rings (SSSR count). The van der Waals surface area contributed by atoms with Gasteiger partial charge < -0.3 is 14.8 Å². The lowest BCUT2D eigenvalue weighted by Gasteiger charge is -2.18. The lowest BCUT2D eigenvalue weighted by molar-refractivity contribution is -0.145. The predicted octanol–water partition coefficient (Wildman–Crippen LogP) is 2.41. The van der Waals surface area contributed by atoms with E-state index >= 15 is 0 Å². The van der Waals surface area contributed by atoms with Crippen LogP contribution < -0.4 is 10.1 Å². The fourth-order valence-corrected chi connectivity index (χ4v) is 1.90. The lowest BCUT2D eigenvalue weighted by atomic mass is 10.0. The van der Waals surface area contributed by atoms with Crippen LogP contribution in [0, 0.1) is 5.92 Å². The molecular formula is C17H23NO4. The van der Waals surface area contributed by atoms with Crippen LogP contribution in [-0.4, -0.2) is 31.6 Å². The van der Waals surface area contributed by atoms with Crippen molar-refractivity contribution in [3.63, 3.8) is 0 Å². The second kappa shape index (κ2) is 8.87. The SMILES string of the molecule is CCOc1ccccc1/C=C\C(=O)N[C@H](C(=O)OC)C(C)C. The van der Waals surface area contributed by atoms with E-state index in [2.05, 4.69) is 5.32 Å². The number of hydrogen-bond donors (Lipinski definition) is 1. The summed E-state index contributed by atoms with van der Waals surface area (Å²) in [7, 11) is 1.30. The highest BCUT2D eigenvalue weighted by atomic mass is 16.5. The van der Waals surface area contributed by atoms with E-state index in [0.29, 0.717) is 12.4 Å². The molecule has 1 amide bonds. The Labute approximate surface area is 131 Å². The third kappa shape index (κ3) is 5.24. The Morgan fingerprint density at radius 1 is 1.27 bits per heavy atom. The minimum atomic E-state index is -0.663. The molecule has 0 bridgehead atoms. The zero-order valence-corrected chi connectivity index (χ0v) is 13.5. The number of para-hydroxylation sites is 1. The standard InChI is InChI=1S/C17H23NO4/c1-5-22-14-9-7-6-8-13(14)10-11-15(19)18-16(12(2)3)17(20)21-4/h6-12,16H,5H2,1-4H3,(H,18,19)/b11-10-/t16-/m0/s1. The van der Waals surface area contributed by atoms with Gasteiger partial charge in [0.15, 0.2) is 0 Å². The summed E-state index contributed by atoms with van der Waals surface area (Å²) in [5.74, 6) is -0.148. The van der Waals surface area contributed by atoms with E-state index in [-0.39, 0.29) is 11.8 Å². The van der Waals surface area contributed by atoms with E-state index in [1.54, 1.807) is 6.08 Å².